The summed E-state index contributed by atoms with van der Waals surface area (Å²) in [6.45, 7) is -0.0484. The zero-order chi connectivity index (χ0) is 19.2. The maximum absolute atomic E-state index is 13.3. The number of aromatic nitrogens is 2. The first-order valence-electron chi connectivity index (χ1n) is 9.53. The van der Waals surface area contributed by atoms with E-state index < -0.39 is 9.84 Å². The highest BCUT2D eigenvalue weighted by atomic mass is 32.2. The molecule has 2 aliphatic rings. The van der Waals surface area contributed by atoms with Crippen molar-refractivity contribution in [3.05, 3.63) is 34.7 Å². The van der Waals surface area contributed by atoms with Crippen molar-refractivity contribution >= 4 is 26.8 Å². The number of aryl methyl sites for hydroxylation is 1. The van der Waals surface area contributed by atoms with Gasteiger partial charge in [-0.25, -0.2) is 13.2 Å². The fraction of sp³-hybridized carbons (Fsp3) is 0.579. The van der Waals surface area contributed by atoms with Crippen LogP contribution in [0.1, 0.15) is 32.1 Å². The van der Waals surface area contributed by atoms with Gasteiger partial charge in [0.25, 0.3) is 0 Å². The Labute approximate surface area is 158 Å². The molecule has 0 N–H and O–H groups in total. The molecule has 1 aromatic carbocycles. The third-order valence-electron chi connectivity index (χ3n) is 5.95. The highest BCUT2D eigenvalue weighted by Crippen LogP contribution is 2.29. The molecule has 1 aliphatic carbocycles. The molecule has 146 valence electrons. The van der Waals surface area contributed by atoms with Crippen LogP contribution in [0.4, 0.5) is 0 Å². The number of rotatable bonds is 4. The highest BCUT2D eigenvalue weighted by Gasteiger charge is 2.39. The van der Waals surface area contributed by atoms with Gasteiger partial charge in [0.15, 0.2) is 9.84 Å². The van der Waals surface area contributed by atoms with E-state index in [0.29, 0.717) is 6.42 Å². The fourth-order valence-corrected chi connectivity index (χ4v) is 6.33. The van der Waals surface area contributed by atoms with Crippen LogP contribution in [0.3, 0.4) is 0 Å². The molecule has 1 aromatic heterocycles. The van der Waals surface area contributed by atoms with Gasteiger partial charge in [0, 0.05) is 19.1 Å². The predicted molar refractivity (Wildman–Crippen MR) is 103 cm³/mol. The van der Waals surface area contributed by atoms with Crippen molar-refractivity contribution in [3.63, 3.8) is 0 Å². The molecule has 2 fully saturated rings. The molecule has 4 rings (SSSR count). The van der Waals surface area contributed by atoms with Crippen molar-refractivity contribution in [2.24, 2.45) is 7.05 Å². The molecular weight excluding hydrogens is 366 g/mol. The van der Waals surface area contributed by atoms with Gasteiger partial charge < -0.3 is 4.90 Å². The van der Waals surface area contributed by atoms with E-state index in [4.69, 9.17) is 0 Å². The minimum absolute atomic E-state index is 0.0413. The molecule has 1 saturated heterocycles. The molecule has 0 bridgehead atoms. The average molecular weight is 391 g/mol. The van der Waals surface area contributed by atoms with E-state index in [2.05, 4.69) is 0 Å². The SMILES string of the molecule is Cn1c(=O)n(CC(=O)N(C2CCCC2)[C@@H]2CCS(=O)(=O)C2)c2ccccc21. The van der Waals surface area contributed by atoms with Gasteiger partial charge in [0.05, 0.1) is 22.5 Å². The van der Waals surface area contributed by atoms with Crippen LogP contribution in [0.5, 0.6) is 0 Å². The van der Waals surface area contributed by atoms with Gasteiger partial charge in [-0.3, -0.25) is 13.9 Å². The molecule has 0 radical (unpaired) electrons. The fourth-order valence-electron chi connectivity index (χ4n) is 4.62. The monoisotopic (exact) mass is 391 g/mol. The van der Waals surface area contributed by atoms with E-state index in [1.807, 2.05) is 24.3 Å². The number of nitrogens with zero attached hydrogens (tertiary/aromatic N) is 3. The summed E-state index contributed by atoms with van der Waals surface area (Å²) in [7, 11) is -1.38. The minimum atomic E-state index is -3.08. The zero-order valence-electron chi connectivity index (χ0n) is 15.5. The van der Waals surface area contributed by atoms with E-state index in [-0.39, 0.29) is 41.7 Å². The normalized spacial score (nSPS) is 22.5. The van der Waals surface area contributed by atoms with E-state index in [9.17, 15) is 18.0 Å². The van der Waals surface area contributed by atoms with Crippen LogP contribution in [-0.2, 0) is 28.2 Å². The van der Waals surface area contributed by atoms with Gasteiger partial charge in [-0.2, -0.15) is 0 Å². The van der Waals surface area contributed by atoms with Gasteiger partial charge in [-0.05, 0) is 31.4 Å². The average Bonchev–Trinajstić information content (AvgIpc) is 3.33. The van der Waals surface area contributed by atoms with Gasteiger partial charge in [0.1, 0.15) is 6.54 Å². The van der Waals surface area contributed by atoms with Crippen molar-refractivity contribution in [1.82, 2.24) is 14.0 Å². The van der Waals surface area contributed by atoms with E-state index in [1.54, 1.807) is 16.5 Å². The van der Waals surface area contributed by atoms with Gasteiger partial charge >= 0.3 is 5.69 Å². The molecule has 1 amide bonds. The standard InChI is InChI=1S/C19H25N3O4S/c1-20-16-8-4-5-9-17(16)21(19(20)24)12-18(23)22(14-6-2-3-7-14)15-10-11-27(25,26)13-15/h4-5,8-9,14-15H,2-3,6-7,10-13H2,1H3/t15-/m1/s1. The number of carbonyl (C=O) groups excluding carboxylic acids is 1. The molecule has 0 spiro atoms. The molecular formula is C19H25N3O4S. The van der Waals surface area contributed by atoms with Crippen molar-refractivity contribution in [1.29, 1.82) is 0 Å². The largest absolute Gasteiger partial charge is 0.334 e. The zero-order valence-corrected chi connectivity index (χ0v) is 16.3. The third kappa shape index (κ3) is 3.31. The molecule has 1 saturated carbocycles. The Kier molecular flexibility index (Phi) is 4.61. The molecule has 0 unspecified atom stereocenters. The quantitative estimate of drug-likeness (QED) is 0.787. The maximum Gasteiger partial charge on any atom is 0.329 e. The van der Waals surface area contributed by atoms with E-state index in [0.717, 1.165) is 36.7 Å². The molecule has 27 heavy (non-hydrogen) atoms. The highest BCUT2D eigenvalue weighted by molar-refractivity contribution is 7.91. The molecule has 2 aromatic rings. The first-order valence-corrected chi connectivity index (χ1v) is 11.4. The Morgan fingerprint density at radius 1 is 1.11 bits per heavy atom. The maximum atomic E-state index is 13.3. The number of carbonyl (C=O) groups is 1. The minimum Gasteiger partial charge on any atom is -0.334 e. The Morgan fingerprint density at radius 3 is 2.41 bits per heavy atom. The molecule has 7 nitrogen and oxygen atoms in total. The number of benzene rings is 1. The summed E-state index contributed by atoms with van der Waals surface area (Å²) >= 11 is 0. The van der Waals surface area contributed by atoms with Crippen LogP contribution in [-0.4, -0.2) is 51.9 Å². The lowest BCUT2D eigenvalue weighted by Crippen LogP contribution is -2.48. The number of imidazole rings is 1. The van der Waals surface area contributed by atoms with Gasteiger partial charge in [0.2, 0.25) is 5.91 Å². The number of hydrogen-bond acceptors (Lipinski definition) is 4. The van der Waals surface area contributed by atoms with Crippen LogP contribution < -0.4 is 5.69 Å². The third-order valence-corrected chi connectivity index (χ3v) is 7.70. The Bertz CT molecular complexity index is 1030. The summed E-state index contributed by atoms with van der Waals surface area (Å²) in [6, 6.07) is 7.22. The van der Waals surface area contributed by atoms with E-state index in [1.165, 1.54) is 4.57 Å². The summed E-state index contributed by atoms with van der Waals surface area (Å²) < 4.78 is 27.0. The number of hydrogen-bond donors (Lipinski definition) is 0. The number of sulfone groups is 1. The lowest BCUT2D eigenvalue weighted by molar-refractivity contribution is -0.136. The number of para-hydroxylation sites is 2. The van der Waals surface area contributed by atoms with Crippen LogP contribution in [0, 0.1) is 0 Å². The molecule has 2 heterocycles. The second-order valence-electron chi connectivity index (χ2n) is 7.71. The lowest BCUT2D eigenvalue weighted by Gasteiger charge is -2.34. The van der Waals surface area contributed by atoms with Gasteiger partial charge in [-0.1, -0.05) is 25.0 Å². The second kappa shape index (κ2) is 6.82. The Morgan fingerprint density at radius 2 is 1.78 bits per heavy atom. The molecule has 8 heteroatoms. The summed E-state index contributed by atoms with van der Waals surface area (Å²) in [5, 5.41) is 0. The summed E-state index contributed by atoms with van der Waals surface area (Å²) in [6.07, 6.45) is 4.43. The molecule has 1 aliphatic heterocycles. The first kappa shape index (κ1) is 18.3. The smallest absolute Gasteiger partial charge is 0.329 e. The number of fused-ring (bicyclic) bond motifs is 1. The summed E-state index contributed by atoms with van der Waals surface area (Å²) in [4.78, 5) is 27.7. The van der Waals surface area contributed by atoms with Crippen LogP contribution >= 0.6 is 0 Å². The summed E-state index contributed by atoms with van der Waals surface area (Å²) in [5.74, 6) is 0.0321. The van der Waals surface area contributed by atoms with Crippen molar-refractivity contribution < 1.29 is 13.2 Å². The first-order chi connectivity index (χ1) is 12.9. The second-order valence-corrected chi connectivity index (χ2v) is 9.94. The van der Waals surface area contributed by atoms with Crippen LogP contribution in [0.15, 0.2) is 29.1 Å². The Hall–Kier alpha value is -2.09. The van der Waals surface area contributed by atoms with Gasteiger partial charge in [-0.15, -0.1) is 0 Å². The number of amides is 1. The van der Waals surface area contributed by atoms with Crippen LogP contribution in [0.25, 0.3) is 11.0 Å². The van der Waals surface area contributed by atoms with Crippen molar-refractivity contribution in [3.8, 4) is 0 Å². The van der Waals surface area contributed by atoms with Crippen molar-refractivity contribution in [2.45, 2.75) is 50.7 Å². The topological polar surface area (TPSA) is 81.4 Å². The van der Waals surface area contributed by atoms with Crippen molar-refractivity contribution in [2.75, 3.05) is 11.5 Å². The summed E-state index contributed by atoms with van der Waals surface area (Å²) in [5.41, 5.74) is 1.28. The van der Waals surface area contributed by atoms with E-state index >= 15 is 0 Å². The lowest BCUT2D eigenvalue weighted by atomic mass is 10.1. The van der Waals surface area contributed by atoms with Crippen LogP contribution in [0.2, 0.25) is 0 Å². The predicted octanol–water partition coefficient (Wildman–Crippen LogP) is 1.30. The molecule has 1 atom stereocenters. The Balaban J connectivity index is 1.67.